The molecule has 2 nitrogen and oxygen atoms in total. The van der Waals surface area contributed by atoms with Crippen LogP contribution in [0.3, 0.4) is 0 Å². The molecule has 14 heavy (non-hydrogen) atoms. The molecule has 80 valence electrons. The zero-order valence-corrected chi connectivity index (χ0v) is 9.18. The van der Waals surface area contributed by atoms with Crippen molar-refractivity contribution >= 4 is 5.97 Å². The Morgan fingerprint density at radius 3 is 2.71 bits per heavy atom. The third-order valence-corrected chi connectivity index (χ3v) is 3.24. The minimum Gasteiger partial charge on any atom is -0.478 e. The zero-order valence-electron chi connectivity index (χ0n) is 9.18. The first kappa shape index (κ1) is 11.3. The monoisotopic (exact) mass is 196 g/mol. The maximum atomic E-state index is 11.0. The summed E-state index contributed by atoms with van der Waals surface area (Å²) in [6.45, 7) is 4.13. The van der Waals surface area contributed by atoms with Gasteiger partial charge in [-0.15, -0.1) is 0 Å². The summed E-state index contributed by atoms with van der Waals surface area (Å²) in [5.74, 6) is 0.0129. The average Bonchev–Trinajstić information content (AvgIpc) is 2.19. The summed E-state index contributed by atoms with van der Waals surface area (Å²) in [5.41, 5.74) is 1.88. The van der Waals surface area contributed by atoms with Crippen LogP contribution in [0.25, 0.3) is 0 Å². The van der Waals surface area contributed by atoms with Crippen LogP contribution in [0.5, 0.6) is 0 Å². The van der Waals surface area contributed by atoms with Gasteiger partial charge in [0.1, 0.15) is 0 Å². The standard InChI is InChI=1S/C12H20O2/c1-3-9-6-5-7-10(8-9)11(4-2)12(13)14/h9H,3-8H2,1-2H3,(H,13,14)/b11-10-. The largest absolute Gasteiger partial charge is 0.478 e. The second-order valence-electron chi connectivity index (χ2n) is 4.11. The number of hydrogen-bond acceptors (Lipinski definition) is 1. The van der Waals surface area contributed by atoms with E-state index in [9.17, 15) is 4.79 Å². The van der Waals surface area contributed by atoms with E-state index in [1.54, 1.807) is 0 Å². The fraction of sp³-hybridized carbons (Fsp3) is 0.750. The van der Waals surface area contributed by atoms with Crippen LogP contribution in [-0.4, -0.2) is 11.1 Å². The average molecular weight is 196 g/mol. The van der Waals surface area contributed by atoms with Crippen molar-refractivity contribution in [3.05, 3.63) is 11.1 Å². The molecule has 1 atom stereocenters. The summed E-state index contributed by atoms with van der Waals surface area (Å²) in [6, 6.07) is 0. The molecule has 0 aromatic rings. The lowest BCUT2D eigenvalue weighted by molar-refractivity contribution is -0.132. The Kier molecular flexibility index (Phi) is 4.18. The number of hydrogen-bond donors (Lipinski definition) is 1. The van der Waals surface area contributed by atoms with Crippen LogP contribution in [0.2, 0.25) is 0 Å². The molecule has 1 fully saturated rings. The number of allylic oxidation sites excluding steroid dienone is 1. The molecule has 0 aromatic heterocycles. The number of aliphatic carboxylic acids is 1. The third kappa shape index (κ3) is 2.60. The number of carboxylic acid groups (broad SMARTS) is 1. The van der Waals surface area contributed by atoms with Crippen molar-refractivity contribution in [3.63, 3.8) is 0 Å². The lowest BCUT2D eigenvalue weighted by atomic mass is 9.81. The van der Waals surface area contributed by atoms with Gasteiger partial charge in [0.2, 0.25) is 0 Å². The van der Waals surface area contributed by atoms with E-state index in [4.69, 9.17) is 5.11 Å². The van der Waals surface area contributed by atoms with Crippen LogP contribution in [0, 0.1) is 5.92 Å². The molecule has 0 bridgehead atoms. The number of carbonyl (C=O) groups is 1. The van der Waals surface area contributed by atoms with E-state index >= 15 is 0 Å². The zero-order chi connectivity index (χ0) is 10.6. The van der Waals surface area contributed by atoms with E-state index in [2.05, 4.69) is 6.92 Å². The van der Waals surface area contributed by atoms with Gasteiger partial charge in [-0.1, -0.05) is 25.8 Å². The van der Waals surface area contributed by atoms with Crippen molar-refractivity contribution in [1.29, 1.82) is 0 Å². The van der Waals surface area contributed by atoms with Crippen molar-refractivity contribution in [1.82, 2.24) is 0 Å². The molecule has 1 rings (SSSR count). The van der Waals surface area contributed by atoms with Crippen LogP contribution < -0.4 is 0 Å². The van der Waals surface area contributed by atoms with E-state index in [0.717, 1.165) is 18.8 Å². The Labute approximate surface area is 86.0 Å². The van der Waals surface area contributed by atoms with Crippen LogP contribution in [0.15, 0.2) is 11.1 Å². The van der Waals surface area contributed by atoms with Crippen LogP contribution in [-0.2, 0) is 4.79 Å². The minimum atomic E-state index is -0.709. The normalized spacial score (nSPS) is 26.0. The van der Waals surface area contributed by atoms with E-state index < -0.39 is 5.97 Å². The fourth-order valence-electron chi connectivity index (χ4n) is 2.33. The predicted molar refractivity (Wildman–Crippen MR) is 57.2 cm³/mol. The molecule has 1 aliphatic carbocycles. The van der Waals surface area contributed by atoms with Gasteiger partial charge in [0.05, 0.1) is 0 Å². The Hall–Kier alpha value is -0.790. The first-order valence-corrected chi connectivity index (χ1v) is 5.63. The molecular formula is C12H20O2. The Morgan fingerprint density at radius 2 is 2.21 bits per heavy atom. The molecule has 2 heteroatoms. The van der Waals surface area contributed by atoms with E-state index in [0.29, 0.717) is 12.0 Å². The van der Waals surface area contributed by atoms with Crippen molar-refractivity contribution in [2.24, 2.45) is 5.92 Å². The molecular weight excluding hydrogens is 176 g/mol. The summed E-state index contributed by atoms with van der Waals surface area (Å²) < 4.78 is 0. The smallest absolute Gasteiger partial charge is 0.331 e. The van der Waals surface area contributed by atoms with E-state index in [-0.39, 0.29) is 0 Å². The fourth-order valence-corrected chi connectivity index (χ4v) is 2.33. The van der Waals surface area contributed by atoms with Crippen LogP contribution in [0.1, 0.15) is 52.4 Å². The van der Waals surface area contributed by atoms with Crippen molar-refractivity contribution in [2.75, 3.05) is 0 Å². The molecule has 0 heterocycles. The molecule has 0 saturated heterocycles. The van der Waals surface area contributed by atoms with Crippen LogP contribution in [0.4, 0.5) is 0 Å². The highest BCUT2D eigenvalue weighted by Crippen LogP contribution is 2.33. The molecule has 0 radical (unpaired) electrons. The lowest BCUT2D eigenvalue weighted by Gasteiger charge is -2.24. The van der Waals surface area contributed by atoms with Gasteiger partial charge in [-0.05, 0) is 38.0 Å². The third-order valence-electron chi connectivity index (χ3n) is 3.24. The number of rotatable bonds is 3. The molecule has 0 amide bonds. The first-order chi connectivity index (χ1) is 6.69. The van der Waals surface area contributed by atoms with Gasteiger partial charge in [-0.2, -0.15) is 0 Å². The second-order valence-corrected chi connectivity index (χ2v) is 4.11. The first-order valence-electron chi connectivity index (χ1n) is 5.63. The summed E-state index contributed by atoms with van der Waals surface area (Å²) in [6.07, 6.45) is 6.32. The summed E-state index contributed by atoms with van der Waals surface area (Å²) in [7, 11) is 0. The number of carboxylic acids is 1. The molecule has 1 saturated carbocycles. The SMILES string of the molecule is CC/C(C(=O)O)=C1\CCCC(CC)C1. The maximum Gasteiger partial charge on any atom is 0.331 e. The Bertz CT molecular complexity index is 241. The van der Waals surface area contributed by atoms with Gasteiger partial charge in [-0.25, -0.2) is 4.79 Å². The summed E-state index contributed by atoms with van der Waals surface area (Å²) >= 11 is 0. The highest BCUT2D eigenvalue weighted by molar-refractivity contribution is 5.87. The highest BCUT2D eigenvalue weighted by Gasteiger charge is 2.20. The van der Waals surface area contributed by atoms with Gasteiger partial charge in [-0.3, -0.25) is 0 Å². The van der Waals surface area contributed by atoms with Crippen molar-refractivity contribution < 1.29 is 9.90 Å². The molecule has 1 N–H and O–H groups in total. The Balaban J connectivity index is 2.78. The van der Waals surface area contributed by atoms with Gasteiger partial charge in [0.15, 0.2) is 0 Å². The molecule has 1 unspecified atom stereocenters. The maximum absolute atomic E-state index is 11.0. The van der Waals surface area contributed by atoms with Gasteiger partial charge in [0, 0.05) is 5.57 Å². The summed E-state index contributed by atoms with van der Waals surface area (Å²) in [5, 5.41) is 9.03. The highest BCUT2D eigenvalue weighted by atomic mass is 16.4. The second kappa shape index (κ2) is 5.18. The lowest BCUT2D eigenvalue weighted by Crippen LogP contribution is -2.12. The van der Waals surface area contributed by atoms with Gasteiger partial charge >= 0.3 is 5.97 Å². The predicted octanol–water partition coefficient (Wildman–Crippen LogP) is 3.38. The van der Waals surface area contributed by atoms with E-state index in [1.807, 2.05) is 6.92 Å². The molecule has 0 aliphatic heterocycles. The van der Waals surface area contributed by atoms with Gasteiger partial charge < -0.3 is 5.11 Å². The van der Waals surface area contributed by atoms with E-state index in [1.165, 1.54) is 24.8 Å². The molecule has 1 aliphatic rings. The molecule has 0 aromatic carbocycles. The summed E-state index contributed by atoms with van der Waals surface area (Å²) in [4.78, 5) is 11.0. The minimum absolute atomic E-state index is 0.668. The van der Waals surface area contributed by atoms with Crippen molar-refractivity contribution in [3.8, 4) is 0 Å². The van der Waals surface area contributed by atoms with Crippen LogP contribution >= 0.6 is 0 Å². The van der Waals surface area contributed by atoms with Crippen molar-refractivity contribution in [2.45, 2.75) is 52.4 Å². The molecule has 0 spiro atoms. The quantitative estimate of drug-likeness (QED) is 0.702. The Morgan fingerprint density at radius 1 is 1.50 bits per heavy atom. The topological polar surface area (TPSA) is 37.3 Å². The van der Waals surface area contributed by atoms with Gasteiger partial charge in [0.25, 0.3) is 0 Å².